The molecular formula is C9H17BrO. The van der Waals surface area contributed by atoms with E-state index < -0.39 is 0 Å². The van der Waals surface area contributed by atoms with Gasteiger partial charge in [-0.2, -0.15) is 0 Å². The molecule has 11 heavy (non-hydrogen) atoms. The van der Waals surface area contributed by atoms with E-state index in [1.54, 1.807) is 0 Å². The Labute approximate surface area is 77.6 Å². The van der Waals surface area contributed by atoms with Gasteiger partial charge in [-0.05, 0) is 18.3 Å². The largest absolute Gasteiger partial charge is 0.377 e. The van der Waals surface area contributed by atoms with Crippen LogP contribution < -0.4 is 0 Å². The zero-order chi connectivity index (χ0) is 8.27. The first-order chi connectivity index (χ1) is 5.27. The minimum Gasteiger partial charge on any atom is -0.377 e. The minimum absolute atomic E-state index is 0.481. The molecule has 1 aliphatic rings. The third-order valence-electron chi connectivity index (χ3n) is 2.73. The maximum atomic E-state index is 5.59. The summed E-state index contributed by atoms with van der Waals surface area (Å²) in [7, 11) is 0. The van der Waals surface area contributed by atoms with Gasteiger partial charge in [0.05, 0.1) is 12.7 Å². The van der Waals surface area contributed by atoms with Crippen molar-refractivity contribution in [3.05, 3.63) is 0 Å². The molecule has 0 unspecified atom stereocenters. The van der Waals surface area contributed by atoms with Crippen molar-refractivity contribution in [3.63, 3.8) is 0 Å². The highest BCUT2D eigenvalue weighted by molar-refractivity contribution is 9.09. The molecule has 0 aromatic carbocycles. The lowest BCUT2D eigenvalue weighted by Gasteiger charge is -2.14. The maximum Gasteiger partial charge on any atom is 0.0675 e. The molecule has 0 saturated carbocycles. The number of hydrogen-bond donors (Lipinski definition) is 0. The first kappa shape index (κ1) is 9.53. The second kappa shape index (κ2) is 4.46. The molecule has 0 N–H and O–H groups in total. The van der Waals surface area contributed by atoms with Gasteiger partial charge >= 0.3 is 0 Å². The van der Waals surface area contributed by atoms with E-state index in [1.807, 2.05) is 0 Å². The molecule has 0 aliphatic carbocycles. The van der Waals surface area contributed by atoms with Gasteiger partial charge in [0, 0.05) is 5.33 Å². The van der Waals surface area contributed by atoms with Gasteiger partial charge in [-0.25, -0.2) is 0 Å². The molecular weight excluding hydrogens is 204 g/mol. The summed E-state index contributed by atoms with van der Waals surface area (Å²) in [6.07, 6.45) is 3.01. The summed E-state index contributed by atoms with van der Waals surface area (Å²) in [4.78, 5) is 0. The second-order valence-electron chi connectivity index (χ2n) is 3.49. The van der Waals surface area contributed by atoms with Crippen molar-refractivity contribution in [3.8, 4) is 0 Å². The molecule has 3 atom stereocenters. The lowest BCUT2D eigenvalue weighted by Crippen LogP contribution is -2.11. The summed E-state index contributed by atoms with van der Waals surface area (Å²) in [5.74, 6) is 1.64. The van der Waals surface area contributed by atoms with Crippen LogP contribution in [0.25, 0.3) is 0 Å². The number of hydrogen-bond acceptors (Lipinski definition) is 1. The Morgan fingerprint density at radius 2 is 2.36 bits per heavy atom. The standard InChI is InChI=1S/C9H17BrO/c1-3-7(2)8-4-9(5-10)11-6-8/h7-9H,3-6H2,1-2H3/t7-,8-,9-/m0/s1. The van der Waals surface area contributed by atoms with Gasteiger partial charge in [-0.15, -0.1) is 0 Å². The number of halogens is 1. The van der Waals surface area contributed by atoms with Crippen LogP contribution in [0, 0.1) is 11.8 Å². The van der Waals surface area contributed by atoms with Crippen molar-refractivity contribution in [2.75, 3.05) is 11.9 Å². The molecule has 66 valence electrons. The van der Waals surface area contributed by atoms with Crippen LogP contribution in [0.4, 0.5) is 0 Å². The van der Waals surface area contributed by atoms with Gasteiger partial charge in [-0.1, -0.05) is 36.2 Å². The summed E-state index contributed by atoms with van der Waals surface area (Å²) in [6, 6.07) is 0. The Hall–Kier alpha value is 0.440. The Kier molecular flexibility index (Phi) is 3.86. The molecule has 1 rings (SSSR count). The fourth-order valence-corrected chi connectivity index (χ4v) is 2.02. The lowest BCUT2D eigenvalue weighted by atomic mass is 9.90. The van der Waals surface area contributed by atoms with Gasteiger partial charge in [0.1, 0.15) is 0 Å². The molecule has 0 bridgehead atoms. The Bertz CT molecular complexity index is 116. The van der Waals surface area contributed by atoms with Gasteiger partial charge in [0.2, 0.25) is 0 Å². The molecule has 0 amide bonds. The molecule has 0 spiro atoms. The molecule has 1 fully saturated rings. The van der Waals surface area contributed by atoms with Crippen LogP contribution in [0.15, 0.2) is 0 Å². The number of ether oxygens (including phenoxy) is 1. The van der Waals surface area contributed by atoms with E-state index in [0.29, 0.717) is 6.10 Å². The molecule has 2 heteroatoms. The third-order valence-corrected chi connectivity index (χ3v) is 3.45. The van der Waals surface area contributed by atoms with E-state index in [9.17, 15) is 0 Å². The molecule has 0 aromatic rings. The quantitative estimate of drug-likeness (QED) is 0.666. The van der Waals surface area contributed by atoms with E-state index in [4.69, 9.17) is 4.74 Å². The van der Waals surface area contributed by atoms with Crippen LogP contribution in [-0.4, -0.2) is 18.0 Å². The first-order valence-corrected chi connectivity index (χ1v) is 5.57. The fraction of sp³-hybridized carbons (Fsp3) is 1.00. The van der Waals surface area contributed by atoms with Crippen molar-refractivity contribution in [1.82, 2.24) is 0 Å². The monoisotopic (exact) mass is 220 g/mol. The zero-order valence-corrected chi connectivity index (χ0v) is 8.93. The van der Waals surface area contributed by atoms with Crippen molar-refractivity contribution < 1.29 is 4.74 Å². The van der Waals surface area contributed by atoms with Crippen LogP contribution in [0.2, 0.25) is 0 Å². The highest BCUT2D eigenvalue weighted by Crippen LogP contribution is 2.28. The van der Waals surface area contributed by atoms with Crippen molar-refractivity contribution >= 4 is 15.9 Å². The highest BCUT2D eigenvalue weighted by atomic mass is 79.9. The Morgan fingerprint density at radius 1 is 1.64 bits per heavy atom. The molecule has 0 aromatic heterocycles. The first-order valence-electron chi connectivity index (χ1n) is 4.45. The summed E-state index contributed by atoms with van der Waals surface area (Å²) >= 11 is 3.45. The van der Waals surface area contributed by atoms with E-state index >= 15 is 0 Å². The average Bonchev–Trinajstić information content (AvgIpc) is 2.50. The fourth-order valence-electron chi connectivity index (χ4n) is 1.57. The van der Waals surface area contributed by atoms with Crippen LogP contribution in [0.1, 0.15) is 26.7 Å². The van der Waals surface area contributed by atoms with E-state index in [1.165, 1.54) is 12.8 Å². The van der Waals surface area contributed by atoms with Crippen molar-refractivity contribution in [2.45, 2.75) is 32.8 Å². The van der Waals surface area contributed by atoms with Gasteiger partial charge in [0.25, 0.3) is 0 Å². The summed E-state index contributed by atoms with van der Waals surface area (Å²) in [6.45, 7) is 5.56. The van der Waals surface area contributed by atoms with E-state index in [2.05, 4.69) is 29.8 Å². The maximum absolute atomic E-state index is 5.59. The normalized spacial score (nSPS) is 34.1. The van der Waals surface area contributed by atoms with Gasteiger partial charge < -0.3 is 4.74 Å². The van der Waals surface area contributed by atoms with Gasteiger partial charge in [-0.3, -0.25) is 0 Å². The predicted molar refractivity (Wildman–Crippen MR) is 51.1 cm³/mol. The van der Waals surface area contributed by atoms with Crippen molar-refractivity contribution in [2.24, 2.45) is 11.8 Å². The highest BCUT2D eigenvalue weighted by Gasteiger charge is 2.27. The van der Waals surface area contributed by atoms with E-state index in [0.717, 1.165) is 23.8 Å². The number of rotatable bonds is 3. The molecule has 0 radical (unpaired) electrons. The zero-order valence-electron chi connectivity index (χ0n) is 7.35. The predicted octanol–water partition coefficient (Wildman–Crippen LogP) is 2.83. The molecule has 1 aliphatic heterocycles. The van der Waals surface area contributed by atoms with Crippen molar-refractivity contribution in [1.29, 1.82) is 0 Å². The van der Waals surface area contributed by atoms with Crippen LogP contribution in [0.3, 0.4) is 0 Å². The number of alkyl halides is 1. The molecule has 1 heterocycles. The summed E-state index contributed by atoms with van der Waals surface area (Å²) < 4.78 is 5.59. The van der Waals surface area contributed by atoms with Gasteiger partial charge in [0.15, 0.2) is 0 Å². The summed E-state index contributed by atoms with van der Waals surface area (Å²) in [5, 5.41) is 1.000. The smallest absolute Gasteiger partial charge is 0.0675 e. The SMILES string of the molecule is CC[C@H](C)[C@@H]1CO[C@H](CBr)C1. The average molecular weight is 221 g/mol. The van der Waals surface area contributed by atoms with Crippen LogP contribution in [0.5, 0.6) is 0 Å². The Balaban J connectivity index is 2.29. The lowest BCUT2D eigenvalue weighted by molar-refractivity contribution is 0.119. The second-order valence-corrected chi connectivity index (χ2v) is 4.14. The minimum atomic E-state index is 0.481. The Morgan fingerprint density at radius 3 is 2.82 bits per heavy atom. The third kappa shape index (κ3) is 2.45. The molecule has 1 nitrogen and oxygen atoms in total. The molecule has 1 saturated heterocycles. The summed E-state index contributed by atoms with van der Waals surface area (Å²) in [5.41, 5.74) is 0. The van der Waals surface area contributed by atoms with Crippen LogP contribution in [-0.2, 0) is 4.74 Å². The van der Waals surface area contributed by atoms with Crippen LogP contribution >= 0.6 is 15.9 Å². The van der Waals surface area contributed by atoms with E-state index in [-0.39, 0.29) is 0 Å². The topological polar surface area (TPSA) is 9.23 Å².